The molecule has 0 bridgehead atoms. The maximum absolute atomic E-state index is 11.1. The molecule has 1 amide bonds. The Morgan fingerprint density at radius 3 is 2.25 bits per heavy atom. The van der Waals surface area contributed by atoms with Crippen molar-refractivity contribution in [3.63, 3.8) is 0 Å². The number of amides is 1. The normalized spacial score (nSPS) is 12.9. The van der Waals surface area contributed by atoms with Gasteiger partial charge in [-0.25, -0.2) is 0 Å². The number of nitrogens with one attached hydrogen (secondary N) is 1. The Hall–Kier alpha value is -0.540. The number of nitrogens with zero attached hydrogens (tertiary/aromatic N) is 1. The first-order chi connectivity index (χ1) is 5.40. The first-order valence-electron chi connectivity index (χ1n) is 3.84. The van der Waals surface area contributed by atoms with Crippen LogP contribution in [-0.2, 0) is 4.79 Å². The van der Waals surface area contributed by atoms with Crippen molar-refractivity contribution in [1.82, 2.24) is 4.84 Å². The molecule has 0 rings (SSSR count). The Morgan fingerprint density at radius 1 is 1.50 bits per heavy atom. The third-order valence-electron chi connectivity index (χ3n) is 1.30. The van der Waals surface area contributed by atoms with Crippen molar-refractivity contribution in [2.24, 2.45) is 0 Å². The third-order valence-corrected chi connectivity index (χ3v) is 1.47. The zero-order valence-electron chi connectivity index (χ0n) is 8.02. The van der Waals surface area contributed by atoms with E-state index in [2.05, 4.69) is 4.84 Å². The van der Waals surface area contributed by atoms with Crippen molar-refractivity contribution in [1.29, 1.82) is 0 Å². The van der Waals surface area contributed by atoms with Gasteiger partial charge < -0.3 is 4.48 Å². The molecule has 0 aromatic carbocycles. The van der Waals surface area contributed by atoms with Gasteiger partial charge in [0.1, 0.15) is 6.20 Å². The largest absolute Gasteiger partial charge is 0.304 e. The molecule has 0 aliphatic heterocycles. The summed E-state index contributed by atoms with van der Waals surface area (Å²) < 4.78 is 0.619. The zero-order chi connectivity index (χ0) is 9.78. The van der Waals surface area contributed by atoms with Gasteiger partial charge in [-0.15, -0.1) is 0 Å². The number of hydrogen-bond acceptors (Lipinski definition) is 1. The van der Waals surface area contributed by atoms with Crippen molar-refractivity contribution in [2.75, 3.05) is 21.1 Å². The van der Waals surface area contributed by atoms with Gasteiger partial charge in [-0.2, -0.15) is 0 Å². The molecule has 0 atom stereocenters. The minimum absolute atomic E-state index is 0.216. The summed E-state index contributed by atoms with van der Waals surface area (Å²) in [7, 11) is 5.95. The van der Waals surface area contributed by atoms with E-state index in [-0.39, 0.29) is 5.91 Å². The lowest BCUT2D eigenvalue weighted by molar-refractivity contribution is -0.817. The van der Waals surface area contributed by atoms with E-state index in [1.54, 1.807) is 0 Å². The second-order valence-corrected chi connectivity index (χ2v) is 3.74. The van der Waals surface area contributed by atoms with Crippen LogP contribution >= 0.6 is 11.8 Å². The van der Waals surface area contributed by atoms with Crippen molar-refractivity contribution in [3.05, 3.63) is 11.8 Å². The van der Waals surface area contributed by atoms with Gasteiger partial charge in [0.15, 0.2) is 0 Å². The van der Waals surface area contributed by atoms with Crippen molar-refractivity contribution in [2.45, 2.75) is 13.3 Å². The van der Waals surface area contributed by atoms with Crippen LogP contribution in [0.1, 0.15) is 13.3 Å². The van der Waals surface area contributed by atoms with Crippen molar-refractivity contribution < 1.29 is 9.28 Å². The fourth-order valence-corrected chi connectivity index (χ4v) is 0.960. The summed E-state index contributed by atoms with van der Waals surface area (Å²) in [5.41, 5.74) is 0.706. The molecule has 4 heteroatoms. The molecule has 0 saturated carbocycles. The topological polar surface area (TPSA) is 29.1 Å². The van der Waals surface area contributed by atoms with Gasteiger partial charge in [0.25, 0.3) is 5.91 Å². The van der Waals surface area contributed by atoms with Crippen LogP contribution in [0.25, 0.3) is 0 Å². The summed E-state index contributed by atoms with van der Waals surface area (Å²) in [4.78, 5) is 13.2. The van der Waals surface area contributed by atoms with Crippen LogP contribution in [0.2, 0.25) is 0 Å². The highest BCUT2D eigenvalue weighted by Crippen LogP contribution is 2.05. The minimum atomic E-state index is -0.216. The fourth-order valence-electron chi connectivity index (χ4n) is 0.839. The number of rotatable bonds is 3. The average Bonchev–Trinajstić information content (AvgIpc) is 1.97. The van der Waals surface area contributed by atoms with E-state index in [1.165, 1.54) is 0 Å². The molecule has 0 radical (unpaired) electrons. The van der Waals surface area contributed by atoms with Crippen LogP contribution in [-0.4, -0.2) is 31.5 Å². The van der Waals surface area contributed by atoms with Gasteiger partial charge in [-0.3, -0.25) is 9.63 Å². The molecule has 0 fully saturated rings. The molecule has 0 aliphatic carbocycles. The monoisotopic (exact) mass is 191 g/mol. The van der Waals surface area contributed by atoms with Crippen LogP contribution in [0.3, 0.4) is 0 Å². The summed E-state index contributed by atoms with van der Waals surface area (Å²) in [6, 6.07) is 0. The number of carbonyl (C=O) groups excluding carboxylic acids is 1. The second kappa shape index (κ2) is 4.48. The standard InChI is InChI=1S/C8H15ClN2O/c1-5-7(8(12)10-9)6-11(2,3)4/h6H,5H2,1-4H3/p+1. The summed E-state index contributed by atoms with van der Waals surface area (Å²) >= 11 is 5.21. The molecule has 70 valence electrons. The van der Waals surface area contributed by atoms with E-state index in [0.29, 0.717) is 16.5 Å². The highest BCUT2D eigenvalue weighted by Gasteiger charge is 2.12. The number of quaternary nitrogens is 1. The summed E-state index contributed by atoms with van der Waals surface area (Å²) in [5.74, 6) is -0.216. The molecular weight excluding hydrogens is 176 g/mol. The molecule has 0 saturated heterocycles. The van der Waals surface area contributed by atoms with Gasteiger partial charge in [0.05, 0.1) is 26.7 Å². The Kier molecular flexibility index (Phi) is 4.28. The molecule has 1 N–H and O–H groups in total. The molecular formula is C8H16ClN2O+. The van der Waals surface area contributed by atoms with Crippen LogP contribution in [0.5, 0.6) is 0 Å². The molecule has 0 spiro atoms. The van der Waals surface area contributed by atoms with E-state index in [0.717, 1.165) is 0 Å². The number of halogens is 1. The fraction of sp³-hybridized carbons (Fsp3) is 0.625. The van der Waals surface area contributed by atoms with Crippen molar-refractivity contribution in [3.8, 4) is 0 Å². The summed E-state index contributed by atoms with van der Waals surface area (Å²) in [5, 5.41) is 0. The smallest absolute Gasteiger partial charge is 0.266 e. The highest BCUT2D eigenvalue weighted by atomic mass is 35.5. The first kappa shape index (κ1) is 11.5. The lowest BCUT2D eigenvalue weighted by atomic mass is 10.2. The average molecular weight is 192 g/mol. The predicted molar refractivity (Wildman–Crippen MR) is 50.4 cm³/mol. The molecule has 3 nitrogen and oxygen atoms in total. The highest BCUT2D eigenvalue weighted by molar-refractivity contribution is 6.24. The molecule has 12 heavy (non-hydrogen) atoms. The number of hydrogen-bond donors (Lipinski definition) is 1. The maximum Gasteiger partial charge on any atom is 0.266 e. The van der Waals surface area contributed by atoms with Crippen molar-refractivity contribution >= 4 is 17.7 Å². The minimum Gasteiger partial charge on any atom is -0.304 e. The maximum atomic E-state index is 11.1. The lowest BCUT2D eigenvalue weighted by Gasteiger charge is -2.19. The lowest BCUT2D eigenvalue weighted by Crippen LogP contribution is -2.29. The van der Waals surface area contributed by atoms with Gasteiger partial charge in [0.2, 0.25) is 0 Å². The summed E-state index contributed by atoms with van der Waals surface area (Å²) in [6.07, 6.45) is 2.56. The first-order valence-corrected chi connectivity index (χ1v) is 4.22. The van der Waals surface area contributed by atoms with Crippen LogP contribution in [0.15, 0.2) is 11.8 Å². The van der Waals surface area contributed by atoms with E-state index in [1.807, 2.05) is 34.3 Å². The predicted octanol–water partition coefficient (Wildman–Crippen LogP) is 1.26. The van der Waals surface area contributed by atoms with E-state index >= 15 is 0 Å². The SMILES string of the molecule is CCC(=C[N+](C)(C)C)C(=O)NCl. The third kappa shape index (κ3) is 4.36. The van der Waals surface area contributed by atoms with E-state index < -0.39 is 0 Å². The van der Waals surface area contributed by atoms with E-state index in [9.17, 15) is 4.79 Å². The molecule has 0 aliphatic rings. The quantitative estimate of drug-likeness (QED) is 0.406. The Labute approximate surface area is 78.7 Å². The van der Waals surface area contributed by atoms with Gasteiger partial charge in [0, 0.05) is 11.8 Å². The molecule has 0 aromatic heterocycles. The van der Waals surface area contributed by atoms with Gasteiger partial charge in [-0.1, -0.05) is 6.92 Å². The number of carbonyl (C=O) groups is 1. The Balaban J connectivity index is 4.55. The summed E-state index contributed by atoms with van der Waals surface area (Å²) in [6.45, 7) is 1.92. The molecule has 0 heterocycles. The van der Waals surface area contributed by atoms with Crippen LogP contribution in [0.4, 0.5) is 0 Å². The zero-order valence-corrected chi connectivity index (χ0v) is 8.77. The second-order valence-electron chi connectivity index (χ2n) is 3.55. The van der Waals surface area contributed by atoms with Gasteiger partial charge >= 0.3 is 0 Å². The Bertz CT molecular complexity index is 194. The van der Waals surface area contributed by atoms with Crippen LogP contribution in [0, 0.1) is 0 Å². The van der Waals surface area contributed by atoms with Gasteiger partial charge in [-0.05, 0) is 6.42 Å². The molecule has 0 unspecified atom stereocenters. The van der Waals surface area contributed by atoms with E-state index in [4.69, 9.17) is 11.8 Å². The molecule has 0 aromatic rings. The van der Waals surface area contributed by atoms with Crippen LogP contribution < -0.4 is 4.84 Å². The Morgan fingerprint density at radius 2 is 2.00 bits per heavy atom.